The molecular formula is C15H22N4O3S. The van der Waals surface area contributed by atoms with Gasteiger partial charge in [0, 0.05) is 19.1 Å². The first-order valence-corrected chi connectivity index (χ1v) is 8.98. The third kappa shape index (κ3) is 3.52. The number of carbonyl (C=O) groups is 2. The van der Waals surface area contributed by atoms with Crippen molar-refractivity contribution < 1.29 is 14.7 Å². The largest absolute Gasteiger partial charge is 0.481 e. The molecule has 0 radical (unpaired) electrons. The second kappa shape index (κ2) is 6.51. The van der Waals surface area contributed by atoms with Crippen LogP contribution in [0.3, 0.4) is 0 Å². The summed E-state index contributed by atoms with van der Waals surface area (Å²) in [5, 5.41) is 18.0. The SMILES string of the molecule is CC(C)n1cnnc1SCC(=O)N1C[C@H](C(=O)O)[C@@H](C2CC2)C1. The number of thioether (sulfide) groups is 1. The molecule has 1 aliphatic carbocycles. The van der Waals surface area contributed by atoms with E-state index in [2.05, 4.69) is 10.2 Å². The van der Waals surface area contributed by atoms with Gasteiger partial charge < -0.3 is 14.6 Å². The molecule has 1 aromatic heterocycles. The minimum absolute atomic E-state index is 0.0114. The van der Waals surface area contributed by atoms with Crippen molar-refractivity contribution in [2.75, 3.05) is 18.8 Å². The van der Waals surface area contributed by atoms with E-state index in [1.807, 2.05) is 18.4 Å². The van der Waals surface area contributed by atoms with Crippen molar-refractivity contribution in [2.24, 2.45) is 17.8 Å². The highest BCUT2D eigenvalue weighted by Crippen LogP contribution is 2.44. The minimum atomic E-state index is -0.774. The van der Waals surface area contributed by atoms with Gasteiger partial charge in [-0.05, 0) is 38.5 Å². The van der Waals surface area contributed by atoms with E-state index in [4.69, 9.17) is 0 Å². The molecule has 23 heavy (non-hydrogen) atoms. The number of hydrogen-bond acceptors (Lipinski definition) is 5. The first-order chi connectivity index (χ1) is 11.0. The lowest BCUT2D eigenvalue weighted by Crippen LogP contribution is -2.31. The molecule has 8 heteroatoms. The van der Waals surface area contributed by atoms with Crippen molar-refractivity contribution in [2.45, 2.75) is 37.9 Å². The van der Waals surface area contributed by atoms with E-state index in [1.165, 1.54) is 11.8 Å². The number of likely N-dealkylation sites (tertiary alicyclic amines) is 1. The molecule has 2 atom stereocenters. The van der Waals surface area contributed by atoms with E-state index in [9.17, 15) is 14.7 Å². The standard InChI is InChI=1S/C15H22N4O3S/c1-9(2)19-8-16-17-15(19)23-7-13(20)18-5-11(10-3-4-10)12(6-18)14(21)22/h8-12H,3-7H2,1-2H3,(H,21,22)/t11-,12+/m1/s1. The Balaban J connectivity index is 1.58. The predicted molar refractivity (Wildman–Crippen MR) is 85.1 cm³/mol. The van der Waals surface area contributed by atoms with E-state index in [0.717, 1.165) is 18.0 Å². The van der Waals surface area contributed by atoms with Crippen LogP contribution in [0, 0.1) is 17.8 Å². The van der Waals surface area contributed by atoms with Crippen LogP contribution in [-0.4, -0.2) is 55.5 Å². The van der Waals surface area contributed by atoms with Crippen LogP contribution in [0.25, 0.3) is 0 Å². The van der Waals surface area contributed by atoms with Gasteiger partial charge in [-0.3, -0.25) is 9.59 Å². The van der Waals surface area contributed by atoms with Crippen LogP contribution in [0.2, 0.25) is 0 Å². The third-order valence-corrected chi connectivity index (χ3v) is 5.63. The molecule has 3 rings (SSSR count). The van der Waals surface area contributed by atoms with Crippen molar-refractivity contribution in [1.82, 2.24) is 19.7 Å². The summed E-state index contributed by atoms with van der Waals surface area (Å²) in [4.78, 5) is 25.6. The maximum atomic E-state index is 12.4. The number of carboxylic acids is 1. The number of aromatic nitrogens is 3. The number of hydrogen-bond donors (Lipinski definition) is 1. The molecule has 1 amide bonds. The Bertz CT molecular complexity index is 599. The highest BCUT2D eigenvalue weighted by atomic mass is 32.2. The summed E-state index contributed by atoms with van der Waals surface area (Å²) >= 11 is 1.36. The van der Waals surface area contributed by atoms with Crippen LogP contribution in [0.5, 0.6) is 0 Å². The van der Waals surface area contributed by atoms with Gasteiger partial charge in [0.05, 0.1) is 11.7 Å². The fourth-order valence-corrected chi connectivity index (χ4v) is 4.15. The topological polar surface area (TPSA) is 88.3 Å². The highest BCUT2D eigenvalue weighted by Gasteiger charge is 2.46. The molecule has 2 fully saturated rings. The molecule has 0 spiro atoms. The third-order valence-electron chi connectivity index (χ3n) is 4.68. The number of rotatable bonds is 6. The quantitative estimate of drug-likeness (QED) is 0.791. The van der Waals surface area contributed by atoms with Gasteiger partial charge in [0.25, 0.3) is 0 Å². The maximum absolute atomic E-state index is 12.4. The Morgan fingerprint density at radius 2 is 2.13 bits per heavy atom. The lowest BCUT2D eigenvalue weighted by Gasteiger charge is -2.16. The van der Waals surface area contributed by atoms with Gasteiger partial charge in [-0.15, -0.1) is 10.2 Å². The van der Waals surface area contributed by atoms with Gasteiger partial charge in [0.2, 0.25) is 5.91 Å². The van der Waals surface area contributed by atoms with Crippen LogP contribution < -0.4 is 0 Å². The first kappa shape index (κ1) is 16.3. The van der Waals surface area contributed by atoms with Gasteiger partial charge in [-0.25, -0.2) is 0 Å². The van der Waals surface area contributed by atoms with Gasteiger partial charge in [0.15, 0.2) is 5.16 Å². The minimum Gasteiger partial charge on any atom is -0.481 e. The van der Waals surface area contributed by atoms with E-state index >= 15 is 0 Å². The second-order valence-electron chi connectivity index (χ2n) is 6.65. The lowest BCUT2D eigenvalue weighted by atomic mass is 9.92. The van der Waals surface area contributed by atoms with Crippen LogP contribution in [-0.2, 0) is 9.59 Å². The van der Waals surface area contributed by atoms with Crippen molar-refractivity contribution in [3.63, 3.8) is 0 Å². The van der Waals surface area contributed by atoms with Crippen molar-refractivity contribution in [1.29, 1.82) is 0 Å². The van der Waals surface area contributed by atoms with Crippen molar-refractivity contribution in [3.05, 3.63) is 6.33 Å². The van der Waals surface area contributed by atoms with Gasteiger partial charge in [-0.2, -0.15) is 0 Å². The van der Waals surface area contributed by atoms with Crippen LogP contribution in [0.15, 0.2) is 11.5 Å². The molecule has 0 aromatic carbocycles. The molecule has 126 valence electrons. The smallest absolute Gasteiger partial charge is 0.308 e. The maximum Gasteiger partial charge on any atom is 0.308 e. The summed E-state index contributed by atoms with van der Waals surface area (Å²) in [5.41, 5.74) is 0. The van der Waals surface area contributed by atoms with Gasteiger partial charge in [0.1, 0.15) is 6.33 Å². The summed E-state index contributed by atoms with van der Waals surface area (Å²) in [6.07, 6.45) is 3.86. The lowest BCUT2D eigenvalue weighted by molar-refractivity contribution is -0.142. The fourth-order valence-electron chi connectivity index (χ4n) is 3.20. The zero-order chi connectivity index (χ0) is 16.6. The average Bonchev–Trinajstić information content (AvgIpc) is 3.07. The zero-order valence-electron chi connectivity index (χ0n) is 13.4. The monoisotopic (exact) mass is 338 g/mol. The number of amides is 1. The normalized spacial score (nSPS) is 24.4. The Morgan fingerprint density at radius 3 is 2.74 bits per heavy atom. The molecule has 0 bridgehead atoms. The first-order valence-electron chi connectivity index (χ1n) is 8.00. The highest BCUT2D eigenvalue weighted by molar-refractivity contribution is 7.99. The molecular weight excluding hydrogens is 316 g/mol. The van der Waals surface area contributed by atoms with Crippen molar-refractivity contribution in [3.8, 4) is 0 Å². The van der Waals surface area contributed by atoms with Gasteiger partial charge >= 0.3 is 5.97 Å². The summed E-state index contributed by atoms with van der Waals surface area (Å²) in [6, 6.07) is 0.241. The van der Waals surface area contributed by atoms with E-state index in [-0.39, 0.29) is 23.6 Å². The molecule has 2 aliphatic rings. The molecule has 2 heterocycles. The fraction of sp³-hybridized carbons (Fsp3) is 0.733. The number of nitrogens with zero attached hydrogens (tertiary/aromatic N) is 4. The van der Waals surface area contributed by atoms with E-state index in [0.29, 0.717) is 19.0 Å². The Morgan fingerprint density at radius 1 is 1.39 bits per heavy atom. The Labute approximate surface area is 139 Å². The van der Waals surface area contributed by atoms with E-state index in [1.54, 1.807) is 11.2 Å². The molecule has 1 saturated carbocycles. The summed E-state index contributed by atoms with van der Waals surface area (Å²) in [6.45, 7) is 4.99. The van der Waals surface area contributed by atoms with Crippen molar-refractivity contribution >= 4 is 23.6 Å². The zero-order valence-corrected chi connectivity index (χ0v) is 14.2. The Hall–Kier alpha value is -1.57. The molecule has 7 nitrogen and oxygen atoms in total. The average molecular weight is 338 g/mol. The van der Waals surface area contributed by atoms with Crippen LogP contribution in [0.4, 0.5) is 0 Å². The summed E-state index contributed by atoms with van der Waals surface area (Å²) < 4.78 is 1.93. The van der Waals surface area contributed by atoms with Crippen LogP contribution >= 0.6 is 11.8 Å². The number of carboxylic acid groups (broad SMARTS) is 1. The number of aliphatic carboxylic acids is 1. The predicted octanol–water partition coefficient (Wildman–Crippen LogP) is 1.52. The molecule has 1 aliphatic heterocycles. The van der Waals surface area contributed by atoms with E-state index < -0.39 is 11.9 Å². The molecule has 1 aromatic rings. The Kier molecular flexibility index (Phi) is 4.61. The molecule has 1 saturated heterocycles. The molecule has 1 N–H and O–H groups in total. The molecule has 0 unspecified atom stereocenters. The van der Waals surface area contributed by atoms with Gasteiger partial charge in [-0.1, -0.05) is 11.8 Å². The summed E-state index contributed by atoms with van der Waals surface area (Å²) in [7, 11) is 0. The summed E-state index contributed by atoms with van der Waals surface area (Å²) in [5.74, 6) is -0.302. The van der Waals surface area contributed by atoms with Crippen LogP contribution in [0.1, 0.15) is 32.7 Å². The second-order valence-corrected chi connectivity index (χ2v) is 7.59. The number of carbonyl (C=O) groups excluding carboxylic acids is 1.